The molecule has 0 amide bonds. The van der Waals surface area contributed by atoms with Crippen molar-refractivity contribution in [3.05, 3.63) is 35.0 Å². The van der Waals surface area contributed by atoms with Crippen LogP contribution in [0.25, 0.3) is 11.3 Å². The first-order valence-corrected chi connectivity index (χ1v) is 9.19. The minimum Gasteiger partial charge on any atom is -0.507 e. The van der Waals surface area contributed by atoms with Gasteiger partial charge in [0, 0.05) is 12.6 Å². The highest BCUT2D eigenvalue weighted by Gasteiger charge is 2.32. The summed E-state index contributed by atoms with van der Waals surface area (Å²) in [6.07, 6.45) is -1.52. The molecule has 152 valence electrons. The smallest absolute Gasteiger partial charge is 0.416 e. The van der Waals surface area contributed by atoms with E-state index in [1.54, 1.807) is 6.07 Å². The Bertz CT molecular complexity index is 832. The van der Waals surface area contributed by atoms with Gasteiger partial charge >= 0.3 is 6.18 Å². The Labute approximate surface area is 162 Å². The minimum atomic E-state index is -4.53. The number of benzene rings is 1. The second-order valence-electron chi connectivity index (χ2n) is 7.41. The Kier molecular flexibility index (Phi) is 5.79. The van der Waals surface area contributed by atoms with Gasteiger partial charge in [0.1, 0.15) is 17.2 Å². The zero-order valence-electron chi connectivity index (χ0n) is 16.2. The molecule has 0 aliphatic carbocycles. The minimum absolute atomic E-state index is 0.196. The van der Waals surface area contributed by atoms with Crippen LogP contribution in [0.4, 0.5) is 13.2 Å². The number of halogens is 3. The SMILES string of the molecule is COc1cc(C[C@@H]2CCCN(C)C2)nnc1-c1c(C)cc(C(F)(F)F)cc1O. The van der Waals surface area contributed by atoms with E-state index in [-0.39, 0.29) is 16.8 Å². The van der Waals surface area contributed by atoms with Crippen LogP contribution in [0.2, 0.25) is 0 Å². The highest BCUT2D eigenvalue weighted by Crippen LogP contribution is 2.41. The summed E-state index contributed by atoms with van der Waals surface area (Å²) in [5.41, 5.74) is 0.541. The normalized spacial score (nSPS) is 18.3. The fourth-order valence-corrected chi connectivity index (χ4v) is 3.82. The quantitative estimate of drug-likeness (QED) is 0.846. The van der Waals surface area contributed by atoms with Crippen molar-refractivity contribution in [2.45, 2.75) is 32.4 Å². The highest BCUT2D eigenvalue weighted by atomic mass is 19.4. The summed E-state index contributed by atoms with van der Waals surface area (Å²) in [5, 5.41) is 18.7. The van der Waals surface area contributed by atoms with Gasteiger partial charge in [0.2, 0.25) is 0 Å². The molecule has 8 heteroatoms. The maximum absolute atomic E-state index is 13.0. The van der Waals surface area contributed by atoms with E-state index in [4.69, 9.17) is 4.74 Å². The van der Waals surface area contributed by atoms with Crippen LogP contribution in [0.3, 0.4) is 0 Å². The van der Waals surface area contributed by atoms with E-state index in [2.05, 4.69) is 22.1 Å². The second kappa shape index (κ2) is 7.95. The second-order valence-corrected chi connectivity index (χ2v) is 7.41. The molecule has 0 unspecified atom stereocenters. The van der Waals surface area contributed by atoms with E-state index in [0.717, 1.165) is 44.1 Å². The molecule has 1 aliphatic heterocycles. The predicted octanol–water partition coefficient (Wildman–Crippen LogP) is 4.07. The zero-order chi connectivity index (χ0) is 20.5. The number of aromatic hydroxyl groups is 1. The van der Waals surface area contributed by atoms with Crippen molar-refractivity contribution < 1.29 is 23.0 Å². The van der Waals surface area contributed by atoms with E-state index in [1.165, 1.54) is 14.0 Å². The number of phenols is 1. The van der Waals surface area contributed by atoms with Gasteiger partial charge in [0.15, 0.2) is 0 Å². The molecule has 5 nitrogen and oxygen atoms in total. The average molecular weight is 395 g/mol. The molecular weight excluding hydrogens is 371 g/mol. The lowest BCUT2D eigenvalue weighted by atomic mass is 9.93. The summed E-state index contributed by atoms with van der Waals surface area (Å²) in [4.78, 5) is 2.29. The van der Waals surface area contributed by atoms with Crippen LogP contribution >= 0.6 is 0 Å². The first kappa shape index (κ1) is 20.4. The number of aromatic nitrogens is 2. The van der Waals surface area contributed by atoms with Crippen molar-refractivity contribution in [1.29, 1.82) is 0 Å². The fourth-order valence-electron chi connectivity index (χ4n) is 3.82. The number of rotatable bonds is 4. The van der Waals surface area contributed by atoms with Gasteiger partial charge in [-0.25, -0.2) is 0 Å². The fraction of sp³-hybridized carbons (Fsp3) is 0.500. The molecule has 1 aromatic heterocycles. The van der Waals surface area contributed by atoms with E-state index in [1.807, 2.05) is 0 Å². The van der Waals surface area contributed by atoms with Gasteiger partial charge in [-0.1, -0.05) is 0 Å². The molecule has 0 saturated carbocycles. The molecule has 1 aromatic carbocycles. The highest BCUT2D eigenvalue weighted by molar-refractivity contribution is 5.75. The van der Waals surface area contributed by atoms with Gasteiger partial charge in [0.05, 0.1) is 23.9 Å². The number of hydrogen-bond acceptors (Lipinski definition) is 5. The maximum Gasteiger partial charge on any atom is 0.416 e. The Morgan fingerprint density at radius 3 is 2.61 bits per heavy atom. The molecule has 1 aliphatic rings. The molecule has 0 radical (unpaired) electrons. The van der Waals surface area contributed by atoms with Crippen LogP contribution < -0.4 is 4.74 Å². The lowest BCUT2D eigenvalue weighted by Gasteiger charge is -2.29. The maximum atomic E-state index is 13.0. The third-order valence-electron chi connectivity index (χ3n) is 5.13. The summed E-state index contributed by atoms with van der Waals surface area (Å²) in [7, 11) is 3.56. The molecule has 2 aromatic rings. The summed E-state index contributed by atoms with van der Waals surface area (Å²) >= 11 is 0. The number of nitrogens with zero attached hydrogens (tertiary/aromatic N) is 3. The van der Waals surface area contributed by atoms with E-state index >= 15 is 0 Å². The molecule has 1 fully saturated rings. The van der Waals surface area contributed by atoms with Crippen LogP contribution in [0.15, 0.2) is 18.2 Å². The molecule has 3 rings (SSSR count). The van der Waals surface area contributed by atoms with Crippen LogP contribution in [0, 0.1) is 12.8 Å². The van der Waals surface area contributed by atoms with Crippen LogP contribution in [-0.2, 0) is 12.6 Å². The largest absolute Gasteiger partial charge is 0.507 e. The van der Waals surface area contributed by atoms with Crippen LogP contribution in [0.1, 0.15) is 29.7 Å². The van der Waals surface area contributed by atoms with E-state index in [9.17, 15) is 18.3 Å². The molecule has 1 N–H and O–H groups in total. The van der Waals surface area contributed by atoms with Crippen molar-refractivity contribution in [2.75, 3.05) is 27.2 Å². The van der Waals surface area contributed by atoms with Gasteiger partial charge in [-0.05, 0) is 63.4 Å². The van der Waals surface area contributed by atoms with Crippen molar-refractivity contribution in [2.24, 2.45) is 5.92 Å². The Hall–Kier alpha value is -2.35. The van der Waals surface area contributed by atoms with Gasteiger partial charge in [-0.15, -0.1) is 5.10 Å². The van der Waals surface area contributed by atoms with Crippen molar-refractivity contribution in [1.82, 2.24) is 15.1 Å². The molecule has 0 spiro atoms. The molecule has 28 heavy (non-hydrogen) atoms. The van der Waals surface area contributed by atoms with Crippen LogP contribution in [-0.4, -0.2) is 47.5 Å². The Morgan fingerprint density at radius 1 is 1.25 bits per heavy atom. The van der Waals surface area contributed by atoms with Gasteiger partial charge in [-0.2, -0.15) is 18.3 Å². The molecular formula is C20H24F3N3O2. The van der Waals surface area contributed by atoms with Crippen molar-refractivity contribution in [3.8, 4) is 22.8 Å². The molecule has 1 saturated heterocycles. The lowest BCUT2D eigenvalue weighted by molar-refractivity contribution is -0.137. The average Bonchev–Trinajstić information content (AvgIpc) is 2.61. The van der Waals surface area contributed by atoms with Crippen molar-refractivity contribution >= 4 is 0 Å². The first-order chi connectivity index (χ1) is 13.2. The summed E-state index contributed by atoms with van der Waals surface area (Å²) in [6, 6.07) is 3.45. The summed E-state index contributed by atoms with van der Waals surface area (Å²) in [5.74, 6) is 0.360. The number of phenolic OH excluding ortho intramolecular Hbond substituents is 1. The number of piperidine rings is 1. The summed E-state index contributed by atoms with van der Waals surface area (Å²) in [6.45, 7) is 3.58. The Balaban J connectivity index is 1.93. The third-order valence-corrected chi connectivity index (χ3v) is 5.13. The number of ether oxygens (including phenoxy) is 1. The van der Waals surface area contributed by atoms with Gasteiger partial charge in [-0.3, -0.25) is 0 Å². The molecule has 0 bridgehead atoms. The van der Waals surface area contributed by atoms with E-state index < -0.39 is 17.5 Å². The summed E-state index contributed by atoms with van der Waals surface area (Å²) < 4.78 is 44.3. The number of methoxy groups -OCH3 is 1. The zero-order valence-corrected chi connectivity index (χ0v) is 16.2. The van der Waals surface area contributed by atoms with Crippen LogP contribution in [0.5, 0.6) is 11.5 Å². The van der Waals surface area contributed by atoms with E-state index in [0.29, 0.717) is 17.7 Å². The first-order valence-electron chi connectivity index (χ1n) is 9.19. The third kappa shape index (κ3) is 4.38. The topological polar surface area (TPSA) is 58.5 Å². The molecule has 2 heterocycles. The number of likely N-dealkylation sites (tertiary alicyclic amines) is 1. The Morgan fingerprint density at radius 2 is 2.00 bits per heavy atom. The monoisotopic (exact) mass is 395 g/mol. The molecule has 1 atom stereocenters. The van der Waals surface area contributed by atoms with Gasteiger partial charge < -0.3 is 14.7 Å². The lowest BCUT2D eigenvalue weighted by Crippen LogP contribution is -2.33. The standard InChI is InChI=1S/C20H24F3N3O2/c1-12-7-14(20(21,22)23)9-16(27)18(12)19-17(28-3)10-15(24-25-19)8-13-5-4-6-26(2)11-13/h7,9-10,13,27H,4-6,8,11H2,1-3H3/t13-/m0/s1. The number of hydrogen-bond donors (Lipinski definition) is 1. The number of aryl methyl sites for hydroxylation is 1. The predicted molar refractivity (Wildman–Crippen MR) is 99.3 cm³/mol. The number of alkyl halides is 3. The van der Waals surface area contributed by atoms with Crippen molar-refractivity contribution in [3.63, 3.8) is 0 Å². The van der Waals surface area contributed by atoms with Gasteiger partial charge in [0.25, 0.3) is 0 Å².